The van der Waals surface area contributed by atoms with E-state index in [1.807, 2.05) is 30.3 Å². The Morgan fingerprint density at radius 2 is 1.76 bits per heavy atom. The van der Waals surface area contributed by atoms with E-state index in [1.54, 1.807) is 35.2 Å². The van der Waals surface area contributed by atoms with Crippen molar-refractivity contribution in [2.75, 3.05) is 0 Å². The third kappa shape index (κ3) is 6.62. The summed E-state index contributed by atoms with van der Waals surface area (Å²) in [4.78, 5) is 37.5. The Balaban J connectivity index is 1.42. The summed E-state index contributed by atoms with van der Waals surface area (Å²) in [5, 5.41) is 10.7. The van der Waals surface area contributed by atoms with Gasteiger partial charge in [-0.25, -0.2) is 4.79 Å². The minimum absolute atomic E-state index is 0.160. The number of amides is 2. The van der Waals surface area contributed by atoms with Gasteiger partial charge in [-0.05, 0) is 23.3 Å². The number of nitrogens with one attached hydrogen (secondary N) is 1. The van der Waals surface area contributed by atoms with Crippen LogP contribution in [0.15, 0.2) is 76.1 Å². The van der Waals surface area contributed by atoms with Crippen LogP contribution in [0.25, 0.3) is 17.4 Å². The largest absolute Gasteiger partial charge is 0.480 e. The molecule has 0 radical (unpaired) electrons. The maximum absolute atomic E-state index is 12.9. The lowest BCUT2D eigenvalue weighted by Crippen LogP contribution is -2.47. The Labute approximate surface area is 225 Å². The summed E-state index contributed by atoms with van der Waals surface area (Å²) < 4.78 is 43.0. The number of hydrogen-bond acceptors (Lipinski definition) is 6. The number of carbonyl (C=O) groups excluding carboxylic acids is 2. The first-order chi connectivity index (χ1) is 18.0. The molecule has 2 aromatic carbocycles. The average molecular weight is 563 g/mol. The summed E-state index contributed by atoms with van der Waals surface area (Å²) in [7, 11) is 0. The van der Waals surface area contributed by atoms with Gasteiger partial charge in [0, 0.05) is 24.6 Å². The fraction of sp³-hybridized carbons (Fsp3) is 0.192. The molecule has 0 aliphatic carbocycles. The number of thiol groups is 1. The predicted octanol–water partition coefficient (Wildman–Crippen LogP) is 4.95. The van der Waals surface area contributed by atoms with E-state index >= 15 is 0 Å². The minimum Gasteiger partial charge on any atom is -0.480 e. The van der Waals surface area contributed by atoms with Gasteiger partial charge in [-0.1, -0.05) is 66.4 Å². The quantitative estimate of drug-likeness (QED) is 0.266. The van der Waals surface area contributed by atoms with Crippen LogP contribution in [0.3, 0.4) is 0 Å². The number of carbonyl (C=O) groups is 3. The Morgan fingerprint density at radius 3 is 2.39 bits per heavy atom. The second kappa shape index (κ2) is 11.4. The van der Waals surface area contributed by atoms with Gasteiger partial charge in [-0.15, -0.1) is 12.6 Å². The number of furan rings is 1. The van der Waals surface area contributed by atoms with E-state index in [0.29, 0.717) is 34.1 Å². The maximum Gasteiger partial charge on any atom is 0.471 e. The first kappa shape index (κ1) is 27.4. The van der Waals surface area contributed by atoms with Crippen molar-refractivity contribution in [3.05, 3.63) is 88.5 Å². The number of rotatable bonds is 8. The van der Waals surface area contributed by atoms with Gasteiger partial charge in [0.05, 0.1) is 4.91 Å². The lowest BCUT2D eigenvalue weighted by molar-refractivity contribution is -0.175. The topological polar surface area (TPSA) is 99.8 Å². The van der Waals surface area contributed by atoms with Gasteiger partial charge in [-0.3, -0.25) is 9.59 Å². The molecule has 1 aliphatic heterocycles. The SMILES string of the molecule is O=C(O)[C@@H](Cc1ccc(-c2ccc(/C=C3\S[C@@H](S)N(Cc4ccccc4)C3=O)o2)cc1)NC(=O)C(F)(F)F. The van der Waals surface area contributed by atoms with Crippen LogP contribution in [0, 0.1) is 0 Å². The summed E-state index contributed by atoms with van der Waals surface area (Å²) in [6, 6.07) is 17.6. The fourth-order valence-electron chi connectivity index (χ4n) is 3.69. The third-order valence-corrected chi connectivity index (χ3v) is 7.21. The number of thioether (sulfide) groups is 1. The molecule has 38 heavy (non-hydrogen) atoms. The van der Waals surface area contributed by atoms with Crippen molar-refractivity contribution in [2.45, 2.75) is 29.9 Å². The van der Waals surface area contributed by atoms with E-state index in [4.69, 9.17) is 4.42 Å². The zero-order chi connectivity index (χ0) is 27.4. The number of alkyl halides is 3. The van der Waals surface area contributed by atoms with Gasteiger partial charge < -0.3 is 19.7 Å². The third-order valence-electron chi connectivity index (χ3n) is 5.61. The Kier molecular flexibility index (Phi) is 8.22. The molecule has 0 unspecified atom stereocenters. The second-order valence-corrected chi connectivity index (χ2v) is 10.3. The molecular weight excluding hydrogens is 541 g/mol. The summed E-state index contributed by atoms with van der Waals surface area (Å²) in [6.45, 7) is 0.427. The summed E-state index contributed by atoms with van der Waals surface area (Å²) in [5.41, 5.74) is 2.03. The number of halogens is 3. The average Bonchev–Trinajstić information content (AvgIpc) is 3.44. The van der Waals surface area contributed by atoms with Crippen molar-refractivity contribution in [1.29, 1.82) is 0 Å². The molecule has 0 spiro atoms. The standard InChI is InChI=1S/C26H21F3N2O5S2/c27-26(28,29)24(35)30-19(23(33)34)12-15-6-8-17(9-7-15)20-11-10-18(36-20)13-21-22(32)31(25(37)38-21)14-16-4-2-1-3-5-16/h1-11,13,19,25,37H,12,14H2,(H,30,35)(H,33,34)/b21-13-/t19-,25-/m1/s1. The van der Waals surface area contributed by atoms with Crippen LogP contribution in [0.1, 0.15) is 16.9 Å². The van der Waals surface area contributed by atoms with Crippen LogP contribution in [0.2, 0.25) is 0 Å². The number of hydrogen-bond donors (Lipinski definition) is 3. The monoisotopic (exact) mass is 562 g/mol. The molecule has 2 atom stereocenters. The Hall–Kier alpha value is -3.64. The molecule has 1 aliphatic rings. The fourth-order valence-corrected chi connectivity index (χ4v) is 5.15. The highest BCUT2D eigenvalue weighted by atomic mass is 32.2. The van der Waals surface area contributed by atoms with Crippen LogP contribution in [-0.2, 0) is 27.3 Å². The molecule has 2 heterocycles. The van der Waals surface area contributed by atoms with E-state index in [9.17, 15) is 32.7 Å². The molecule has 2 N–H and O–H groups in total. The molecule has 2 amide bonds. The molecule has 1 fully saturated rings. The molecule has 1 saturated heterocycles. The highest BCUT2D eigenvalue weighted by Gasteiger charge is 2.41. The number of benzene rings is 2. The number of nitrogens with zero attached hydrogens (tertiary/aromatic N) is 1. The second-order valence-electron chi connectivity index (χ2n) is 8.34. The van der Waals surface area contributed by atoms with Gasteiger partial charge in [-0.2, -0.15) is 13.2 Å². The van der Waals surface area contributed by atoms with Crippen molar-refractivity contribution in [1.82, 2.24) is 10.2 Å². The van der Waals surface area contributed by atoms with Crippen molar-refractivity contribution in [3.63, 3.8) is 0 Å². The first-order valence-electron chi connectivity index (χ1n) is 11.2. The molecule has 3 aromatic rings. The van der Waals surface area contributed by atoms with Crippen LogP contribution < -0.4 is 5.32 Å². The van der Waals surface area contributed by atoms with Gasteiger partial charge in [0.25, 0.3) is 5.91 Å². The highest BCUT2D eigenvalue weighted by Crippen LogP contribution is 2.39. The van der Waals surface area contributed by atoms with E-state index in [0.717, 1.165) is 5.56 Å². The zero-order valence-electron chi connectivity index (χ0n) is 19.5. The van der Waals surface area contributed by atoms with E-state index in [-0.39, 0.29) is 17.0 Å². The highest BCUT2D eigenvalue weighted by molar-refractivity contribution is 8.14. The normalized spacial score (nSPS) is 17.6. The number of aliphatic carboxylic acids is 1. The molecular formula is C26H21F3N2O5S2. The Bertz CT molecular complexity index is 1360. The van der Waals surface area contributed by atoms with Crippen LogP contribution in [-0.4, -0.2) is 44.7 Å². The van der Waals surface area contributed by atoms with Crippen molar-refractivity contribution >= 4 is 48.3 Å². The summed E-state index contributed by atoms with van der Waals surface area (Å²) >= 11 is 5.83. The van der Waals surface area contributed by atoms with Gasteiger partial charge in [0.1, 0.15) is 22.3 Å². The minimum atomic E-state index is -5.18. The van der Waals surface area contributed by atoms with Crippen LogP contribution in [0.4, 0.5) is 13.2 Å². The van der Waals surface area contributed by atoms with Gasteiger partial charge in [0.15, 0.2) is 0 Å². The predicted molar refractivity (Wildman–Crippen MR) is 139 cm³/mol. The molecule has 198 valence electrons. The van der Waals surface area contributed by atoms with E-state index in [2.05, 4.69) is 12.6 Å². The first-order valence-corrected chi connectivity index (χ1v) is 12.6. The Morgan fingerprint density at radius 1 is 1.08 bits per heavy atom. The summed E-state index contributed by atoms with van der Waals surface area (Å²) in [5.74, 6) is -3.14. The number of carboxylic acids is 1. The van der Waals surface area contributed by atoms with Gasteiger partial charge in [0.2, 0.25) is 0 Å². The van der Waals surface area contributed by atoms with Crippen molar-refractivity contribution < 1.29 is 37.1 Å². The number of carboxylic acid groups (broad SMARTS) is 1. The lowest BCUT2D eigenvalue weighted by Gasteiger charge is -2.19. The van der Waals surface area contributed by atoms with Crippen molar-refractivity contribution in [2.24, 2.45) is 0 Å². The lowest BCUT2D eigenvalue weighted by atomic mass is 10.0. The molecule has 12 heteroatoms. The molecule has 0 saturated carbocycles. The van der Waals surface area contributed by atoms with Crippen LogP contribution in [0.5, 0.6) is 0 Å². The molecule has 4 rings (SSSR count). The summed E-state index contributed by atoms with van der Waals surface area (Å²) in [6.07, 6.45) is -3.88. The molecule has 0 bridgehead atoms. The zero-order valence-corrected chi connectivity index (χ0v) is 21.2. The maximum atomic E-state index is 12.9. The molecule has 1 aromatic heterocycles. The van der Waals surface area contributed by atoms with E-state index < -0.39 is 24.1 Å². The van der Waals surface area contributed by atoms with Gasteiger partial charge >= 0.3 is 18.1 Å². The van der Waals surface area contributed by atoms with Crippen molar-refractivity contribution in [3.8, 4) is 11.3 Å². The van der Waals surface area contributed by atoms with E-state index in [1.165, 1.54) is 29.2 Å². The van der Waals surface area contributed by atoms with Crippen LogP contribution >= 0.6 is 24.4 Å². The smallest absolute Gasteiger partial charge is 0.471 e. The molecule has 7 nitrogen and oxygen atoms in total.